The second kappa shape index (κ2) is 12.7. The van der Waals surface area contributed by atoms with Crippen molar-refractivity contribution in [2.75, 3.05) is 13.1 Å². The van der Waals surface area contributed by atoms with Crippen molar-refractivity contribution >= 4 is 5.91 Å². The monoisotopic (exact) mass is 291 g/mol. The molecule has 2 nitrogen and oxygen atoms in total. The Bertz CT molecular complexity index is 314. The SMILES string of the molecule is CCCCCCCCCC=CC=CC(=O)N1CCCCC1. The van der Waals surface area contributed by atoms with E-state index in [9.17, 15) is 4.79 Å². The maximum absolute atomic E-state index is 11.9. The highest BCUT2D eigenvalue weighted by molar-refractivity contribution is 5.87. The molecule has 120 valence electrons. The van der Waals surface area contributed by atoms with E-state index in [1.807, 2.05) is 17.1 Å². The maximum Gasteiger partial charge on any atom is 0.246 e. The topological polar surface area (TPSA) is 20.3 Å². The van der Waals surface area contributed by atoms with Crippen LogP contribution in [-0.2, 0) is 4.79 Å². The number of nitrogens with zero attached hydrogens (tertiary/aromatic N) is 1. The third kappa shape index (κ3) is 9.49. The minimum Gasteiger partial charge on any atom is -0.339 e. The fourth-order valence-electron chi connectivity index (χ4n) is 2.75. The summed E-state index contributed by atoms with van der Waals surface area (Å²) in [6.45, 7) is 4.13. The van der Waals surface area contributed by atoms with Crippen molar-refractivity contribution in [3.63, 3.8) is 0 Å². The van der Waals surface area contributed by atoms with Gasteiger partial charge in [-0.05, 0) is 32.1 Å². The van der Waals surface area contributed by atoms with Crippen LogP contribution in [0.2, 0.25) is 0 Å². The molecule has 0 aliphatic carbocycles. The van der Waals surface area contributed by atoms with E-state index in [-0.39, 0.29) is 5.91 Å². The van der Waals surface area contributed by atoms with Gasteiger partial charge in [-0.3, -0.25) is 4.79 Å². The number of carbonyl (C=O) groups is 1. The van der Waals surface area contributed by atoms with Crippen molar-refractivity contribution in [1.82, 2.24) is 4.90 Å². The van der Waals surface area contributed by atoms with E-state index in [2.05, 4.69) is 13.0 Å². The van der Waals surface area contributed by atoms with Gasteiger partial charge in [0.25, 0.3) is 0 Å². The van der Waals surface area contributed by atoms with Crippen LogP contribution in [0.1, 0.15) is 77.6 Å². The molecule has 0 bridgehead atoms. The van der Waals surface area contributed by atoms with E-state index >= 15 is 0 Å². The van der Waals surface area contributed by atoms with Gasteiger partial charge in [0.2, 0.25) is 5.91 Å². The lowest BCUT2D eigenvalue weighted by atomic mass is 10.1. The molecule has 0 aromatic heterocycles. The summed E-state index contributed by atoms with van der Waals surface area (Å²) in [5.41, 5.74) is 0. The lowest BCUT2D eigenvalue weighted by Gasteiger charge is -2.25. The highest BCUT2D eigenvalue weighted by Crippen LogP contribution is 2.10. The number of allylic oxidation sites excluding steroid dienone is 3. The van der Waals surface area contributed by atoms with Gasteiger partial charge in [-0.15, -0.1) is 0 Å². The molecule has 1 amide bonds. The summed E-state index contributed by atoms with van der Waals surface area (Å²) < 4.78 is 0. The summed E-state index contributed by atoms with van der Waals surface area (Å²) in [5, 5.41) is 0. The second-order valence-corrected chi connectivity index (χ2v) is 6.08. The van der Waals surface area contributed by atoms with Gasteiger partial charge in [0.05, 0.1) is 0 Å². The van der Waals surface area contributed by atoms with Crippen LogP contribution < -0.4 is 0 Å². The second-order valence-electron chi connectivity index (χ2n) is 6.08. The fourth-order valence-corrected chi connectivity index (χ4v) is 2.75. The van der Waals surface area contributed by atoms with E-state index in [0.29, 0.717) is 0 Å². The molecule has 0 saturated carbocycles. The van der Waals surface area contributed by atoms with Gasteiger partial charge in [-0.1, -0.05) is 63.7 Å². The van der Waals surface area contributed by atoms with Crippen LogP contribution in [0.25, 0.3) is 0 Å². The van der Waals surface area contributed by atoms with Crippen LogP contribution in [0.15, 0.2) is 24.3 Å². The molecule has 1 heterocycles. The molecule has 0 unspecified atom stereocenters. The molecule has 21 heavy (non-hydrogen) atoms. The number of carbonyl (C=O) groups excluding carboxylic acids is 1. The maximum atomic E-state index is 11.9. The summed E-state index contributed by atoms with van der Waals surface area (Å²) >= 11 is 0. The van der Waals surface area contributed by atoms with Crippen molar-refractivity contribution in [1.29, 1.82) is 0 Å². The fraction of sp³-hybridized carbons (Fsp3) is 0.737. The minimum absolute atomic E-state index is 0.176. The van der Waals surface area contributed by atoms with Crippen LogP contribution in [-0.4, -0.2) is 23.9 Å². The Kier molecular flexibility index (Phi) is 10.9. The quantitative estimate of drug-likeness (QED) is 0.306. The van der Waals surface area contributed by atoms with E-state index in [1.165, 1.54) is 51.4 Å². The summed E-state index contributed by atoms with van der Waals surface area (Å²) in [4.78, 5) is 13.8. The van der Waals surface area contributed by atoms with E-state index in [0.717, 1.165) is 32.4 Å². The predicted octanol–water partition coefficient (Wildman–Crippen LogP) is 5.25. The molecule has 0 spiro atoms. The Labute approximate surface area is 131 Å². The summed E-state index contributed by atoms with van der Waals surface area (Å²) in [7, 11) is 0. The lowest BCUT2D eigenvalue weighted by molar-refractivity contribution is -0.126. The molecular formula is C19H33NO. The van der Waals surface area contributed by atoms with Crippen LogP contribution in [0.3, 0.4) is 0 Å². The summed E-state index contributed by atoms with van der Waals surface area (Å²) in [6.07, 6.45) is 22.0. The van der Waals surface area contributed by atoms with Gasteiger partial charge >= 0.3 is 0 Å². The molecule has 0 atom stereocenters. The van der Waals surface area contributed by atoms with Crippen molar-refractivity contribution in [3.8, 4) is 0 Å². The molecule has 1 aliphatic rings. The van der Waals surface area contributed by atoms with Gasteiger partial charge in [-0.2, -0.15) is 0 Å². The molecule has 1 rings (SSSR count). The van der Waals surface area contributed by atoms with E-state index in [1.54, 1.807) is 6.08 Å². The lowest BCUT2D eigenvalue weighted by Crippen LogP contribution is -2.34. The van der Waals surface area contributed by atoms with Crippen LogP contribution >= 0.6 is 0 Å². The van der Waals surface area contributed by atoms with Crippen molar-refractivity contribution < 1.29 is 4.79 Å². The molecule has 1 saturated heterocycles. The Morgan fingerprint density at radius 2 is 1.57 bits per heavy atom. The smallest absolute Gasteiger partial charge is 0.246 e. The summed E-state index contributed by atoms with van der Waals surface area (Å²) in [5.74, 6) is 0.176. The molecule has 2 heteroatoms. The molecule has 1 aliphatic heterocycles. The number of hydrogen-bond donors (Lipinski definition) is 0. The van der Waals surface area contributed by atoms with Crippen LogP contribution in [0.5, 0.6) is 0 Å². The Hall–Kier alpha value is -1.05. The zero-order valence-electron chi connectivity index (χ0n) is 13.9. The molecular weight excluding hydrogens is 258 g/mol. The third-order valence-electron chi connectivity index (χ3n) is 4.13. The van der Waals surface area contributed by atoms with Crippen molar-refractivity contribution in [2.24, 2.45) is 0 Å². The highest BCUT2D eigenvalue weighted by atomic mass is 16.2. The molecule has 0 N–H and O–H groups in total. The Morgan fingerprint density at radius 1 is 0.905 bits per heavy atom. The van der Waals surface area contributed by atoms with Gasteiger partial charge < -0.3 is 4.90 Å². The average Bonchev–Trinajstić information content (AvgIpc) is 2.53. The third-order valence-corrected chi connectivity index (χ3v) is 4.13. The summed E-state index contributed by atoms with van der Waals surface area (Å²) in [6, 6.07) is 0. The first-order valence-electron chi connectivity index (χ1n) is 8.96. The van der Waals surface area contributed by atoms with Gasteiger partial charge in [0.1, 0.15) is 0 Å². The molecule has 0 aromatic carbocycles. The first kappa shape index (κ1) is 18.0. The van der Waals surface area contributed by atoms with Crippen molar-refractivity contribution in [2.45, 2.75) is 77.6 Å². The number of unbranched alkanes of at least 4 members (excludes halogenated alkanes) is 7. The van der Waals surface area contributed by atoms with Crippen LogP contribution in [0.4, 0.5) is 0 Å². The largest absolute Gasteiger partial charge is 0.339 e. The van der Waals surface area contributed by atoms with Gasteiger partial charge in [0, 0.05) is 19.2 Å². The molecule has 0 aromatic rings. The number of hydrogen-bond acceptors (Lipinski definition) is 1. The number of likely N-dealkylation sites (tertiary alicyclic amines) is 1. The van der Waals surface area contributed by atoms with Crippen LogP contribution in [0, 0.1) is 0 Å². The zero-order chi connectivity index (χ0) is 15.2. The molecule has 0 radical (unpaired) electrons. The van der Waals surface area contributed by atoms with E-state index < -0.39 is 0 Å². The Morgan fingerprint density at radius 3 is 2.29 bits per heavy atom. The van der Waals surface area contributed by atoms with Gasteiger partial charge in [-0.25, -0.2) is 0 Å². The Balaban J connectivity index is 1.98. The first-order valence-corrected chi connectivity index (χ1v) is 8.96. The standard InChI is InChI=1S/C19H33NO/c1-2-3-4-5-6-7-8-9-10-11-13-16-19(21)20-17-14-12-15-18-20/h10-11,13,16H,2-9,12,14-15,17-18H2,1H3. The highest BCUT2D eigenvalue weighted by Gasteiger charge is 2.12. The zero-order valence-corrected chi connectivity index (χ0v) is 13.9. The molecule has 1 fully saturated rings. The van der Waals surface area contributed by atoms with E-state index in [4.69, 9.17) is 0 Å². The van der Waals surface area contributed by atoms with Crippen molar-refractivity contribution in [3.05, 3.63) is 24.3 Å². The number of piperidine rings is 1. The normalized spacial score (nSPS) is 16.1. The predicted molar refractivity (Wildman–Crippen MR) is 91.3 cm³/mol. The average molecular weight is 291 g/mol. The number of rotatable bonds is 10. The first-order chi connectivity index (χ1) is 10.3. The van der Waals surface area contributed by atoms with Gasteiger partial charge in [0.15, 0.2) is 0 Å². The minimum atomic E-state index is 0.176. The number of amides is 1.